The Morgan fingerprint density at radius 1 is 1.15 bits per heavy atom. The molecule has 5 nitrogen and oxygen atoms in total. The first-order chi connectivity index (χ1) is 12.5. The van der Waals surface area contributed by atoms with E-state index in [0.29, 0.717) is 18.0 Å². The number of carbonyl (C=O) groups excluding carboxylic acids is 1. The van der Waals surface area contributed by atoms with Gasteiger partial charge in [-0.3, -0.25) is 9.63 Å². The number of hydrogen-bond acceptors (Lipinski definition) is 3. The smallest absolute Gasteiger partial charge is 0.274 e. The van der Waals surface area contributed by atoms with Gasteiger partial charge in [0.2, 0.25) is 0 Å². The second-order valence-corrected chi connectivity index (χ2v) is 5.99. The van der Waals surface area contributed by atoms with Crippen molar-refractivity contribution in [1.29, 1.82) is 0 Å². The van der Waals surface area contributed by atoms with Crippen molar-refractivity contribution in [3.63, 3.8) is 0 Å². The van der Waals surface area contributed by atoms with Crippen LogP contribution in [0.1, 0.15) is 28.5 Å². The van der Waals surface area contributed by atoms with Crippen LogP contribution in [0.25, 0.3) is 16.9 Å². The van der Waals surface area contributed by atoms with Gasteiger partial charge in [0.05, 0.1) is 18.0 Å². The minimum atomic E-state index is -0.395. The van der Waals surface area contributed by atoms with Crippen LogP contribution in [0, 0.1) is 19.7 Å². The summed E-state index contributed by atoms with van der Waals surface area (Å²) in [4.78, 5) is 17.6. The molecule has 0 aliphatic heterocycles. The van der Waals surface area contributed by atoms with E-state index in [4.69, 9.17) is 4.84 Å². The van der Waals surface area contributed by atoms with Gasteiger partial charge in [-0.05, 0) is 68.3 Å². The largest absolute Gasteiger partial charge is 0.293 e. The predicted octanol–water partition coefficient (Wildman–Crippen LogP) is 3.98. The maximum atomic E-state index is 13.2. The maximum Gasteiger partial charge on any atom is 0.293 e. The summed E-state index contributed by atoms with van der Waals surface area (Å²) in [7, 11) is 0. The topological polar surface area (TPSA) is 56.1 Å². The van der Waals surface area contributed by atoms with Crippen molar-refractivity contribution >= 4 is 5.91 Å². The van der Waals surface area contributed by atoms with E-state index in [1.807, 2.05) is 32.0 Å². The van der Waals surface area contributed by atoms with Crippen molar-refractivity contribution in [2.75, 3.05) is 6.61 Å². The lowest BCUT2D eigenvalue weighted by molar-refractivity contribution is 0.0357. The lowest BCUT2D eigenvalue weighted by atomic mass is 10.1. The summed E-state index contributed by atoms with van der Waals surface area (Å²) in [5.74, 6) is -0.717. The first kappa shape index (κ1) is 17.8. The number of halogens is 1. The molecule has 0 atom stereocenters. The number of carbonyl (C=O) groups is 1. The van der Waals surface area contributed by atoms with E-state index in [0.717, 1.165) is 22.4 Å². The van der Waals surface area contributed by atoms with Crippen molar-refractivity contribution in [1.82, 2.24) is 15.3 Å². The molecule has 0 unspecified atom stereocenters. The highest BCUT2D eigenvalue weighted by atomic mass is 19.1. The van der Waals surface area contributed by atoms with E-state index in [2.05, 4.69) is 10.6 Å². The van der Waals surface area contributed by atoms with Crippen molar-refractivity contribution in [3.8, 4) is 16.9 Å². The zero-order valence-corrected chi connectivity index (χ0v) is 14.9. The molecule has 0 aliphatic carbocycles. The van der Waals surface area contributed by atoms with Crippen molar-refractivity contribution in [3.05, 3.63) is 71.2 Å². The molecule has 0 bridgehead atoms. The highest BCUT2D eigenvalue weighted by molar-refractivity contribution is 5.93. The molecule has 0 spiro atoms. The van der Waals surface area contributed by atoms with Crippen molar-refractivity contribution in [2.24, 2.45) is 0 Å². The fourth-order valence-corrected chi connectivity index (χ4v) is 2.63. The number of hydrogen-bond donors (Lipinski definition) is 1. The van der Waals surface area contributed by atoms with Crippen LogP contribution in [0.2, 0.25) is 0 Å². The molecule has 134 valence electrons. The normalized spacial score (nSPS) is 10.8. The molecule has 1 amide bonds. The minimum absolute atomic E-state index is 0.322. The third-order valence-corrected chi connectivity index (χ3v) is 3.98. The van der Waals surface area contributed by atoms with Crippen LogP contribution in [0.5, 0.6) is 0 Å². The van der Waals surface area contributed by atoms with E-state index in [-0.39, 0.29) is 5.82 Å². The Bertz CT molecular complexity index is 933. The Hall–Kier alpha value is -2.99. The number of hydroxylamine groups is 1. The Morgan fingerprint density at radius 2 is 1.88 bits per heavy atom. The summed E-state index contributed by atoms with van der Waals surface area (Å²) in [6, 6.07) is 13.6. The van der Waals surface area contributed by atoms with Crippen molar-refractivity contribution in [2.45, 2.75) is 20.8 Å². The SMILES string of the molecule is CCONC(=O)c1cc(-c2ccc(F)cc2)nn1-c1cc(C)ccc1C. The summed E-state index contributed by atoms with van der Waals surface area (Å²) < 4.78 is 14.8. The van der Waals surface area contributed by atoms with Crippen molar-refractivity contribution < 1.29 is 14.0 Å². The molecule has 6 heteroatoms. The number of aromatic nitrogens is 2. The molecule has 3 aromatic rings. The molecule has 0 saturated carbocycles. The van der Waals surface area contributed by atoms with Gasteiger partial charge in [-0.2, -0.15) is 5.10 Å². The molecule has 26 heavy (non-hydrogen) atoms. The Morgan fingerprint density at radius 3 is 2.58 bits per heavy atom. The van der Waals surface area contributed by atoms with Gasteiger partial charge in [0, 0.05) is 5.56 Å². The molecule has 0 radical (unpaired) electrons. The Kier molecular flexibility index (Phi) is 5.14. The highest BCUT2D eigenvalue weighted by Crippen LogP contribution is 2.24. The van der Waals surface area contributed by atoms with Gasteiger partial charge in [0.15, 0.2) is 0 Å². The Labute approximate surface area is 151 Å². The summed E-state index contributed by atoms with van der Waals surface area (Å²) in [6.45, 7) is 6.08. The zero-order valence-electron chi connectivity index (χ0n) is 14.9. The van der Waals surface area contributed by atoms with E-state index >= 15 is 0 Å². The molecule has 0 aliphatic rings. The quantitative estimate of drug-likeness (QED) is 0.706. The molecular formula is C20H20FN3O2. The molecule has 1 aromatic heterocycles. The van der Waals surface area contributed by atoms with Gasteiger partial charge in [0.1, 0.15) is 11.5 Å². The molecule has 2 aromatic carbocycles. The fraction of sp³-hybridized carbons (Fsp3) is 0.200. The number of aryl methyl sites for hydroxylation is 2. The van der Waals surface area contributed by atoms with Crippen LogP contribution in [0.15, 0.2) is 48.5 Å². The molecule has 1 heterocycles. The summed E-state index contributed by atoms with van der Waals surface area (Å²) in [6.07, 6.45) is 0. The van der Waals surface area contributed by atoms with Crippen LogP contribution < -0.4 is 5.48 Å². The van der Waals surface area contributed by atoms with E-state index < -0.39 is 5.91 Å². The summed E-state index contributed by atoms with van der Waals surface area (Å²) in [5, 5.41) is 4.59. The molecule has 0 saturated heterocycles. The predicted molar refractivity (Wildman–Crippen MR) is 97.5 cm³/mol. The lowest BCUT2D eigenvalue weighted by Crippen LogP contribution is -2.26. The number of benzene rings is 2. The van der Waals surface area contributed by atoms with Gasteiger partial charge in [0.25, 0.3) is 5.91 Å². The average molecular weight is 353 g/mol. The standard InChI is InChI=1S/C20H20FN3O2/c1-4-26-23-20(25)19-12-17(15-7-9-16(21)10-8-15)22-24(19)18-11-13(2)5-6-14(18)3/h5-12H,4H2,1-3H3,(H,23,25). The van der Waals surface area contributed by atoms with Gasteiger partial charge < -0.3 is 0 Å². The first-order valence-corrected chi connectivity index (χ1v) is 8.35. The summed E-state index contributed by atoms with van der Waals surface area (Å²) in [5.41, 5.74) is 6.89. The molecule has 3 rings (SSSR count). The number of nitrogens with zero attached hydrogens (tertiary/aromatic N) is 2. The third kappa shape index (κ3) is 3.65. The van der Waals surface area contributed by atoms with Crippen LogP contribution in [0.3, 0.4) is 0 Å². The van der Waals surface area contributed by atoms with E-state index in [9.17, 15) is 9.18 Å². The Balaban J connectivity index is 2.12. The van der Waals surface area contributed by atoms with Crippen LogP contribution in [-0.4, -0.2) is 22.3 Å². The maximum absolute atomic E-state index is 13.2. The molecular weight excluding hydrogens is 333 g/mol. The highest BCUT2D eigenvalue weighted by Gasteiger charge is 2.19. The lowest BCUT2D eigenvalue weighted by Gasteiger charge is -2.11. The van der Waals surface area contributed by atoms with Crippen LogP contribution in [-0.2, 0) is 4.84 Å². The first-order valence-electron chi connectivity index (χ1n) is 8.35. The third-order valence-electron chi connectivity index (χ3n) is 3.98. The van der Waals surface area contributed by atoms with Gasteiger partial charge in [-0.15, -0.1) is 0 Å². The number of amides is 1. The van der Waals surface area contributed by atoms with E-state index in [1.165, 1.54) is 12.1 Å². The van der Waals surface area contributed by atoms with Crippen LogP contribution in [0.4, 0.5) is 4.39 Å². The van der Waals surface area contributed by atoms with E-state index in [1.54, 1.807) is 29.8 Å². The second kappa shape index (κ2) is 7.49. The monoisotopic (exact) mass is 353 g/mol. The fourth-order valence-electron chi connectivity index (χ4n) is 2.63. The van der Waals surface area contributed by atoms with Gasteiger partial charge in [-0.1, -0.05) is 12.1 Å². The second-order valence-electron chi connectivity index (χ2n) is 5.99. The average Bonchev–Trinajstić information content (AvgIpc) is 3.07. The molecule has 1 N–H and O–H groups in total. The molecule has 0 fully saturated rings. The zero-order chi connectivity index (χ0) is 18.7. The van der Waals surface area contributed by atoms with Gasteiger partial charge in [-0.25, -0.2) is 14.6 Å². The van der Waals surface area contributed by atoms with Crippen LogP contribution >= 0.6 is 0 Å². The minimum Gasteiger partial charge on any atom is -0.274 e. The number of nitrogens with one attached hydrogen (secondary N) is 1. The van der Waals surface area contributed by atoms with Gasteiger partial charge >= 0.3 is 0 Å². The number of rotatable bonds is 5. The summed E-state index contributed by atoms with van der Waals surface area (Å²) >= 11 is 0.